The number of benzene rings is 3. The van der Waals surface area contributed by atoms with Gasteiger partial charge in [0.25, 0.3) is 0 Å². The Bertz CT molecular complexity index is 1010. The van der Waals surface area contributed by atoms with Crippen LogP contribution >= 0.6 is 0 Å². The molecule has 0 amide bonds. The van der Waals surface area contributed by atoms with Gasteiger partial charge in [-0.2, -0.15) is 0 Å². The van der Waals surface area contributed by atoms with Gasteiger partial charge in [-0.25, -0.2) is 0 Å². The number of nitrogens with zero attached hydrogens (tertiary/aromatic N) is 1. The zero-order valence-electron chi connectivity index (χ0n) is 18.6. The Hall–Kier alpha value is -1.88. The second kappa shape index (κ2) is 10.6. The summed E-state index contributed by atoms with van der Waals surface area (Å²) < 4.78 is 20.6. The van der Waals surface area contributed by atoms with Crippen LogP contribution in [0.4, 0.5) is 0 Å². The Morgan fingerprint density at radius 3 is 2.39 bits per heavy atom. The third kappa shape index (κ3) is 5.49. The van der Waals surface area contributed by atoms with Gasteiger partial charge in [-0.15, -0.1) is 0 Å². The van der Waals surface area contributed by atoms with Crippen LogP contribution in [0.15, 0.2) is 66.7 Å². The van der Waals surface area contributed by atoms with Crippen molar-refractivity contribution >= 4 is 6.14 Å². The first-order valence-corrected chi connectivity index (χ1v) is 16.3. The monoisotopic (exact) mass is 605 g/mol. The van der Waals surface area contributed by atoms with Crippen molar-refractivity contribution in [3.63, 3.8) is 0 Å². The molecule has 3 aromatic rings. The molecule has 31 heavy (non-hydrogen) atoms. The molecule has 1 aliphatic rings. The van der Waals surface area contributed by atoms with Crippen molar-refractivity contribution in [2.24, 2.45) is 0 Å². The summed E-state index contributed by atoms with van der Waals surface area (Å²) >= 11 is -1.62. The first kappa shape index (κ1) is 22.3. The van der Waals surface area contributed by atoms with E-state index in [1.807, 2.05) is 0 Å². The predicted molar refractivity (Wildman–Crippen MR) is 120 cm³/mol. The molecular formula is C26H29HgNO3. The number of hydrogen-bond donors (Lipinski definition) is 0. The van der Waals surface area contributed by atoms with Crippen molar-refractivity contribution in [1.82, 2.24) is 4.90 Å². The normalized spacial score (nSPS) is 16.7. The van der Waals surface area contributed by atoms with Crippen LogP contribution in [-0.2, 0) is 48.9 Å². The van der Waals surface area contributed by atoms with E-state index in [-0.39, 0.29) is 0 Å². The van der Waals surface area contributed by atoms with E-state index in [0.717, 1.165) is 24.5 Å². The summed E-state index contributed by atoms with van der Waals surface area (Å²) in [5, 5.41) is 0. The number of rotatable bonds is 4. The van der Waals surface area contributed by atoms with Gasteiger partial charge in [0, 0.05) is 0 Å². The van der Waals surface area contributed by atoms with Crippen LogP contribution in [-0.4, -0.2) is 38.8 Å². The summed E-state index contributed by atoms with van der Waals surface area (Å²) in [5.74, 6) is 1.63. The quantitative estimate of drug-likeness (QED) is 0.429. The number of likely N-dealkylation sites (N-methyl/N-ethyl adjacent to an activating group) is 1. The van der Waals surface area contributed by atoms with Crippen LogP contribution in [0.2, 0.25) is 0 Å². The van der Waals surface area contributed by atoms with Crippen LogP contribution in [0.3, 0.4) is 0 Å². The van der Waals surface area contributed by atoms with E-state index < -0.39 is 24.6 Å². The molecule has 1 atom stereocenters. The van der Waals surface area contributed by atoms with Crippen LogP contribution in [0, 0.1) is 0 Å². The van der Waals surface area contributed by atoms with Crippen LogP contribution < -0.4 is 15.6 Å². The van der Waals surface area contributed by atoms with Crippen molar-refractivity contribution < 1.29 is 38.8 Å². The minimum atomic E-state index is -1.62. The molecule has 0 aromatic heterocycles. The SMILES string of the molecule is COc1cc2[c](cc1OC)[Hg][c]1ccccc1COC[C@H](Cc1ccccc1)N(C)C2. The van der Waals surface area contributed by atoms with Crippen molar-refractivity contribution in [3.05, 3.63) is 83.4 Å². The Balaban J connectivity index is 1.73. The van der Waals surface area contributed by atoms with E-state index >= 15 is 0 Å². The molecule has 4 rings (SSSR count). The molecule has 0 N–H and O–H groups in total. The van der Waals surface area contributed by atoms with Crippen LogP contribution in [0.25, 0.3) is 0 Å². The Kier molecular flexibility index (Phi) is 7.65. The number of fused-ring (bicyclic) bond motifs is 2. The predicted octanol–water partition coefficient (Wildman–Crippen LogP) is 3.31. The summed E-state index contributed by atoms with van der Waals surface area (Å²) in [7, 11) is 5.64. The van der Waals surface area contributed by atoms with Gasteiger partial charge in [-0.1, -0.05) is 0 Å². The van der Waals surface area contributed by atoms with Gasteiger partial charge in [-0.3, -0.25) is 0 Å². The van der Waals surface area contributed by atoms with E-state index in [2.05, 4.69) is 78.7 Å². The Morgan fingerprint density at radius 1 is 0.903 bits per heavy atom. The van der Waals surface area contributed by atoms with Crippen molar-refractivity contribution in [2.45, 2.75) is 25.6 Å². The van der Waals surface area contributed by atoms with Gasteiger partial charge >= 0.3 is 198 Å². The first-order chi connectivity index (χ1) is 15.2. The van der Waals surface area contributed by atoms with E-state index in [0.29, 0.717) is 19.3 Å². The van der Waals surface area contributed by atoms with Gasteiger partial charge < -0.3 is 0 Å². The molecule has 4 nitrogen and oxygen atoms in total. The van der Waals surface area contributed by atoms with Crippen molar-refractivity contribution in [3.8, 4) is 11.5 Å². The fourth-order valence-electron chi connectivity index (χ4n) is 4.28. The Labute approximate surface area is 197 Å². The third-order valence-electron chi connectivity index (χ3n) is 6.13. The summed E-state index contributed by atoms with van der Waals surface area (Å²) in [6, 6.07) is 24.2. The van der Waals surface area contributed by atoms with Crippen LogP contribution in [0.1, 0.15) is 16.7 Å². The second-order valence-corrected chi connectivity index (χ2v) is 15.5. The molecule has 158 valence electrons. The number of hydrogen-bond acceptors (Lipinski definition) is 4. The van der Waals surface area contributed by atoms with Gasteiger partial charge in [0.2, 0.25) is 0 Å². The summed E-state index contributed by atoms with van der Waals surface area (Å²) in [4.78, 5) is 2.43. The van der Waals surface area contributed by atoms with Crippen molar-refractivity contribution in [2.75, 3.05) is 27.9 Å². The molecule has 0 aliphatic carbocycles. The summed E-state index contributed by atoms with van der Waals surface area (Å²) in [6.45, 7) is 2.26. The molecule has 5 heteroatoms. The second-order valence-electron chi connectivity index (χ2n) is 8.20. The molecule has 0 unspecified atom stereocenters. The number of ether oxygens (including phenoxy) is 3. The Morgan fingerprint density at radius 2 is 1.61 bits per heavy atom. The molecule has 0 fully saturated rings. The van der Waals surface area contributed by atoms with Crippen LogP contribution in [0.5, 0.6) is 11.5 Å². The maximum atomic E-state index is 6.28. The van der Waals surface area contributed by atoms with E-state index in [9.17, 15) is 0 Å². The summed E-state index contributed by atoms with van der Waals surface area (Å²) in [5.41, 5.74) is 4.04. The average molecular weight is 604 g/mol. The molecule has 0 bridgehead atoms. The first-order valence-electron chi connectivity index (χ1n) is 10.8. The number of methoxy groups -OCH3 is 2. The van der Waals surface area contributed by atoms with E-state index in [1.165, 1.54) is 22.8 Å². The van der Waals surface area contributed by atoms with Gasteiger partial charge in [0.05, 0.1) is 0 Å². The summed E-state index contributed by atoms with van der Waals surface area (Å²) in [6.07, 6.45) is 0.964. The molecule has 0 saturated heterocycles. The topological polar surface area (TPSA) is 30.9 Å². The van der Waals surface area contributed by atoms with Gasteiger partial charge in [0.15, 0.2) is 0 Å². The fourth-order valence-corrected chi connectivity index (χ4v) is 11.4. The molecular weight excluding hydrogens is 575 g/mol. The molecule has 0 spiro atoms. The standard InChI is InChI=1S/C26H29NO3.Hg/c1-27(18-23-14-15-25(28-2)26(17-23)29-3)24(16-21-10-6-4-7-11-21)20-30-19-22-12-8-5-9-13-22;/h4-12,15,17,24H,16,18-20H2,1-3H3;/t24-;/m0./s1. The molecule has 3 aromatic carbocycles. The molecule has 1 heterocycles. The fraction of sp³-hybridized carbons (Fsp3) is 0.308. The van der Waals surface area contributed by atoms with Crippen molar-refractivity contribution in [1.29, 1.82) is 0 Å². The van der Waals surface area contributed by atoms with E-state index in [1.54, 1.807) is 14.2 Å². The van der Waals surface area contributed by atoms with Gasteiger partial charge in [-0.05, 0) is 0 Å². The third-order valence-corrected chi connectivity index (χ3v) is 14.3. The van der Waals surface area contributed by atoms with E-state index in [4.69, 9.17) is 14.2 Å². The minimum absolute atomic E-state index is 0.297. The molecule has 1 aliphatic heterocycles. The zero-order chi connectivity index (χ0) is 21.6. The van der Waals surface area contributed by atoms with Gasteiger partial charge in [0.1, 0.15) is 0 Å². The molecule has 0 radical (unpaired) electrons. The average Bonchev–Trinajstić information content (AvgIpc) is 2.82. The molecule has 0 saturated carbocycles. The zero-order valence-corrected chi connectivity index (χ0v) is 24.1. The maximum absolute atomic E-state index is 6.28.